The molecule has 0 unspecified atom stereocenters. The Kier molecular flexibility index (Phi) is 3.39. The van der Waals surface area contributed by atoms with Crippen LogP contribution in [0.3, 0.4) is 0 Å². The van der Waals surface area contributed by atoms with Gasteiger partial charge in [-0.05, 0) is 28.1 Å². The van der Waals surface area contributed by atoms with E-state index in [2.05, 4.69) is 15.9 Å². The Hall–Kier alpha value is -0.480. The van der Waals surface area contributed by atoms with Gasteiger partial charge in [0.05, 0.1) is 15.9 Å². The lowest BCUT2D eigenvalue weighted by atomic mass is 10.1. The highest BCUT2D eigenvalue weighted by molar-refractivity contribution is 9.10. The molecule has 5 heteroatoms. The fraction of sp³-hybridized carbons (Fsp3) is 0.125. The van der Waals surface area contributed by atoms with Crippen molar-refractivity contribution in [1.29, 1.82) is 0 Å². The lowest BCUT2D eigenvalue weighted by molar-refractivity contribution is 0.101. The summed E-state index contributed by atoms with van der Waals surface area (Å²) in [6.07, 6.45) is 0. The maximum atomic E-state index is 13.0. The van der Waals surface area contributed by atoms with Crippen LogP contribution < -0.4 is 0 Å². The Bertz CT molecular complexity index is 354. The van der Waals surface area contributed by atoms with Gasteiger partial charge in [-0.2, -0.15) is 0 Å². The molecule has 0 aliphatic heterocycles. The zero-order chi connectivity index (χ0) is 10.0. The van der Waals surface area contributed by atoms with E-state index in [1.54, 1.807) is 0 Å². The molecule has 1 rings (SSSR count). The molecule has 0 saturated carbocycles. The highest BCUT2D eigenvalue weighted by atomic mass is 79.9. The number of carbonyl (C=O) groups is 1. The number of hydrogen-bond acceptors (Lipinski definition) is 1. The molecule has 0 aliphatic rings. The van der Waals surface area contributed by atoms with Crippen LogP contribution in [-0.4, -0.2) is 11.7 Å². The molecule has 0 spiro atoms. The van der Waals surface area contributed by atoms with Crippen LogP contribution in [0.2, 0.25) is 0 Å². The Morgan fingerprint density at radius 1 is 1.38 bits per heavy atom. The van der Waals surface area contributed by atoms with Gasteiger partial charge >= 0.3 is 0 Å². The number of hydrogen-bond donors (Lipinski definition) is 0. The van der Waals surface area contributed by atoms with E-state index in [1.807, 2.05) is 0 Å². The van der Waals surface area contributed by atoms with Crippen molar-refractivity contribution in [1.82, 2.24) is 0 Å². The van der Waals surface area contributed by atoms with E-state index in [1.165, 1.54) is 0 Å². The largest absolute Gasteiger partial charge is 0.293 e. The number of alkyl halides is 1. The minimum absolute atomic E-state index is 0.182. The summed E-state index contributed by atoms with van der Waals surface area (Å²) in [5.41, 5.74) is -0.338. The molecule has 0 aliphatic carbocycles. The number of carbonyl (C=O) groups excluding carboxylic acids is 1. The van der Waals surface area contributed by atoms with Gasteiger partial charge in [0.15, 0.2) is 5.78 Å². The highest BCUT2D eigenvalue weighted by Gasteiger charge is 2.17. The monoisotopic (exact) mass is 268 g/mol. The zero-order valence-corrected chi connectivity index (χ0v) is 8.62. The average molecular weight is 269 g/mol. The van der Waals surface area contributed by atoms with Gasteiger partial charge in [-0.25, -0.2) is 8.78 Å². The van der Waals surface area contributed by atoms with Crippen LogP contribution >= 0.6 is 27.5 Å². The maximum Gasteiger partial charge on any atom is 0.181 e. The van der Waals surface area contributed by atoms with Gasteiger partial charge in [0.1, 0.15) is 11.6 Å². The number of Topliss-reactive ketones (excluding diaryl/α,β-unsaturated/α-hetero) is 1. The summed E-state index contributed by atoms with van der Waals surface area (Å²) in [7, 11) is 0. The second-order valence-corrected chi connectivity index (χ2v) is 3.34. The third kappa shape index (κ3) is 2.06. The van der Waals surface area contributed by atoms with Crippen molar-refractivity contribution in [2.45, 2.75) is 0 Å². The van der Waals surface area contributed by atoms with E-state index in [-0.39, 0.29) is 15.9 Å². The molecule has 0 aromatic heterocycles. The van der Waals surface area contributed by atoms with Crippen LogP contribution in [0.1, 0.15) is 10.4 Å². The number of benzene rings is 1. The van der Waals surface area contributed by atoms with E-state index in [9.17, 15) is 13.6 Å². The number of rotatable bonds is 2. The first-order valence-corrected chi connectivity index (χ1v) is 4.63. The first kappa shape index (κ1) is 10.6. The van der Waals surface area contributed by atoms with Gasteiger partial charge in [0, 0.05) is 0 Å². The number of ketones is 1. The van der Waals surface area contributed by atoms with Gasteiger partial charge in [0.25, 0.3) is 0 Å². The van der Waals surface area contributed by atoms with Crippen LogP contribution in [0.25, 0.3) is 0 Å². The minimum atomic E-state index is -0.779. The molecule has 0 atom stereocenters. The van der Waals surface area contributed by atoms with Crippen molar-refractivity contribution in [3.05, 3.63) is 33.8 Å². The molecule has 0 fully saturated rings. The fourth-order valence-electron chi connectivity index (χ4n) is 0.849. The van der Waals surface area contributed by atoms with E-state index in [0.717, 1.165) is 12.1 Å². The maximum absolute atomic E-state index is 13.0. The minimum Gasteiger partial charge on any atom is -0.293 e. The molecule has 1 aromatic carbocycles. The predicted molar refractivity (Wildman–Crippen MR) is 49.1 cm³/mol. The first-order chi connectivity index (χ1) is 6.07. The van der Waals surface area contributed by atoms with Crippen molar-refractivity contribution in [3.63, 3.8) is 0 Å². The summed E-state index contributed by atoms with van der Waals surface area (Å²) in [4.78, 5) is 11.0. The van der Waals surface area contributed by atoms with Crippen molar-refractivity contribution in [3.8, 4) is 0 Å². The van der Waals surface area contributed by atoms with Crippen molar-refractivity contribution < 1.29 is 13.6 Å². The second-order valence-electron chi connectivity index (χ2n) is 2.27. The molecule has 0 N–H and O–H groups in total. The van der Waals surface area contributed by atoms with Gasteiger partial charge in [-0.15, -0.1) is 11.6 Å². The lowest BCUT2D eigenvalue weighted by Crippen LogP contribution is -2.06. The SMILES string of the molecule is O=C(CCl)c1c(F)ccc(F)c1Br. The van der Waals surface area contributed by atoms with Gasteiger partial charge < -0.3 is 0 Å². The standard InChI is InChI=1S/C8H4BrClF2O/c9-8-5(12)2-1-4(11)7(8)6(13)3-10/h1-2H,3H2. The summed E-state index contributed by atoms with van der Waals surface area (Å²) in [6.45, 7) is 0. The third-order valence-corrected chi connectivity index (χ3v) is 2.46. The summed E-state index contributed by atoms with van der Waals surface area (Å²) < 4.78 is 25.7. The normalized spacial score (nSPS) is 10.2. The molecular weight excluding hydrogens is 265 g/mol. The van der Waals surface area contributed by atoms with E-state index in [0.29, 0.717) is 0 Å². The quantitative estimate of drug-likeness (QED) is 0.458. The summed E-state index contributed by atoms with van der Waals surface area (Å²) in [5, 5.41) is 0. The summed E-state index contributed by atoms with van der Waals surface area (Å²) in [5.74, 6) is -2.49. The van der Waals surface area contributed by atoms with Gasteiger partial charge in [-0.1, -0.05) is 0 Å². The molecule has 1 aromatic rings. The van der Waals surface area contributed by atoms with Crippen LogP contribution in [0.4, 0.5) is 8.78 Å². The van der Waals surface area contributed by atoms with Gasteiger partial charge in [0.2, 0.25) is 0 Å². The summed E-state index contributed by atoms with van der Waals surface area (Å²) >= 11 is 8.00. The van der Waals surface area contributed by atoms with E-state index < -0.39 is 17.4 Å². The molecule has 0 saturated heterocycles. The average Bonchev–Trinajstić information content (AvgIpc) is 2.12. The molecule has 13 heavy (non-hydrogen) atoms. The molecule has 0 bridgehead atoms. The van der Waals surface area contributed by atoms with Crippen molar-refractivity contribution in [2.24, 2.45) is 0 Å². The topological polar surface area (TPSA) is 17.1 Å². The summed E-state index contributed by atoms with van der Waals surface area (Å²) in [6, 6.07) is 1.82. The molecular formula is C8H4BrClF2O. The molecule has 0 heterocycles. The Balaban J connectivity index is 3.33. The van der Waals surface area contributed by atoms with Crippen molar-refractivity contribution in [2.75, 3.05) is 5.88 Å². The third-order valence-electron chi connectivity index (χ3n) is 1.44. The van der Waals surface area contributed by atoms with Crippen LogP contribution in [-0.2, 0) is 0 Å². The van der Waals surface area contributed by atoms with Gasteiger partial charge in [-0.3, -0.25) is 4.79 Å². The Morgan fingerprint density at radius 3 is 2.46 bits per heavy atom. The van der Waals surface area contributed by atoms with E-state index in [4.69, 9.17) is 11.6 Å². The number of halogens is 4. The lowest BCUT2D eigenvalue weighted by Gasteiger charge is -2.03. The van der Waals surface area contributed by atoms with E-state index >= 15 is 0 Å². The fourth-order valence-corrected chi connectivity index (χ4v) is 1.53. The van der Waals surface area contributed by atoms with Crippen molar-refractivity contribution >= 4 is 33.3 Å². The Labute approximate surface area is 86.8 Å². The molecule has 0 amide bonds. The molecule has 0 radical (unpaired) electrons. The first-order valence-electron chi connectivity index (χ1n) is 3.30. The second kappa shape index (κ2) is 4.15. The van der Waals surface area contributed by atoms with Crippen LogP contribution in [0.15, 0.2) is 16.6 Å². The molecule has 1 nitrogen and oxygen atoms in total. The smallest absolute Gasteiger partial charge is 0.181 e. The predicted octanol–water partition coefficient (Wildman–Crippen LogP) is 3.15. The van der Waals surface area contributed by atoms with Crippen LogP contribution in [0, 0.1) is 11.6 Å². The van der Waals surface area contributed by atoms with Crippen LogP contribution in [0.5, 0.6) is 0 Å². The molecule has 70 valence electrons. The Morgan fingerprint density at radius 2 is 1.92 bits per heavy atom. The highest BCUT2D eigenvalue weighted by Crippen LogP contribution is 2.23. The zero-order valence-electron chi connectivity index (χ0n) is 6.28.